The van der Waals surface area contributed by atoms with Crippen LogP contribution in [0, 0.1) is 0 Å². The molecule has 7 heteroatoms. The Labute approximate surface area is 177 Å². The Morgan fingerprint density at radius 1 is 0.900 bits per heavy atom. The van der Waals surface area contributed by atoms with Gasteiger partial charge in [-0.05, 0) is 47.5 Å². The molecular formula is C23H29NO6. The average Bonchev–Trinajstić information content (AvgIpc) is 2.78. The molecule has 1 unspecified atom stereocenters. The number of hydrogen-bond donors (Lipinski definition) is 0. The van der Waals surface area contributed by atoms with Crippen LogP contribution in [0.5, 0.6) is 17.2 Å². The van der Waals surface area contributed by atoms with E-state index in [0.29, 0.717) is 39.4 Å². The predicted molar refractivity (Wildman–Crippen MR) is 112 cm³/mol. The van der Waals surface area contributed by atoms with E-state index >= 15 is 0 Å². The molecule has 0 aliphatic carbocycles. The number of rotatable bonds is 11. The van der Waals surface area contributed by atoms with E-state index in [1.807, 2.05) is 47.4 Å². The Kier molecular flexibility index (Phi) is 7.93. The van der Waals surface area contributed by atoms with Crippen LogP contribution in [0.2, 0.25) is 0 Å². The van der Waals surface area contributed by atoms with Crippen LogP contribution in [0.1, 0.15) is 17.2 Å². The number of benzene rings is 2. The summed E-state index contributed by atoms with van der Waals surface area (Å²) in [6, 6.07) is 13.1. The van der Waals surface area contributed by atoms with E-state index in [1.54, 1.807) is 21.3 Å². The van der Waals surface area contributed by atoms with Gasteiger partial charge in [0.05, 0.1) is 46.5 Å². The number of carbonyl (C=O) groups excluding carboxylic acids is 1. The van der Waals surface area contributed by atoms with Crippen molar-refractivity contribution in [1.29, 1.82) is 0 Å². The largest absolute Gasteiger partial charge is 0.497 e. The molecule has 3 rings (SSSR count). The van der Waals surface area contributed by atoms with Crippen molar-refractivity contribution in [2.75, 3.05) is 54.3 Å². The summed E-state index contributed by atoms with van der Waals surface area (Å²) in [6.07, 6.45) is 0.337. The minimum atomic E-state index is -0.208. The molecule has 7 nitrogen and oxygen atoms in total. The maximum atomic E-state index is 12.9. The Balaban J connectivity index is 1.76. The van der Waals surface area contributed by atoms with Crippen molar-refractivity contribution in [2.24, 2.45) is 0 Å². The summed E-state index contributed by atoms with van der Waals surface area (Å²) in [6.45, 7) is 2.31. The van der Waals surface area contributed by atoms with Crippen LogP contribution < -0.4 is 14.2 Å². The molecule has 1 aliphatic heterocycles. The second-order valence-electron chi connectivity index (χ2n) is 6.94. The molecule has 2 aromatic rings. The zero-order chi connectivity index (χ0) is 21.3. The summed E-state index contributed by atoms with van der Waals surface area (Å²) < 4.78 is 27.2. The lowest BCUT2D eigenvalue weighted by atomic mass is 9.92. The first-order valence-corrected chi connectivity index (χ1v) is 9.96. The lowest BCUT2D eigenvalue weighted by Crippen LogP contribution is -2.44. The Morgan fingerprint density at radius 3 is 2.30 bits per heavy atom. The van der Waals surface area contributed by atoms with E-state index in [4.69, 9.17) is 23.7 Å². The first kappa shape index (κ1) is 21.9. The number of methoxy groups -OCH3 is 3. The number of amides is 1. The van der Waals surface area contributed by atoms with Crippen LogP contribution in [-0.2, 0) is 20.7 Å². The molecule has 162 valence electrons. The molecule has 0 spiro atoms. The van der Waals surface area contributed by atoms with Gasteiger partial charge in [0.15, 0.2) is 0 Å². The second kappa shape index (κ2) is 10.8. The van der Waals surface area contributed by atoms with Crippen LogP contribution >= 0.6 is 0 Å². The molecule has 30 heavy (non-hydrogen) atoms. The number of carbonyl (C=O) groups is 1. The summed E-state index contributed by atoms with van der Waals surface area (Å²) in [5, 5.41) is 0. The molecule has 0 saturated heterocycles. The number of ether oxygens (including phenoxy) is 5. The molecule has 1 heterocycles. The van der Waals surface area contributed by atoms with E-state index < -0.39 is 0 Å². The SMILES string of the molecule is COCCOCCN1C(=O)Cc2cc(OC)ccc2C1COc1ccc(OC)cc1. The normalized spacial score (nSPS) is 15.6. The highest BCUT2D eigenvalue weighted by Crippen LogP contribution is 2.33. The first-order valence-electron chi connectivity index (χ1n) is 9.96. The molecule has 1 atom stereocenters. The maximum absolute atomic E-state index is 12.9. The van der Waals surface area contributed by atoms with Crippen LogP contribution in [0.3, 0.4) is 0 Å². The quantitative estimate of drug-likeness (QED) is 0.526. The van der Waals surface area contributed by atoms with Crippen LogP contribution in [0.4, 0.5) is 0 Å². The molecule has 0 fully saturated rings. The van der Waals surface area contributed by atoms with Gasteiger partial charge in [-0.2, -0.15) is 0 Å². The molecule has 0 aromatic heterocycles. The first-order chi connectivity index (χ1) is 14.7. The summed E-state index contributed by atoms with van der Waals surface area (Å²) in [5.74, 6) is 2.28. The lowest BCUT2D eigenvalue weighted by Gasteiger charge is -2.37. The summed E-state index contributed by atoms with van der Waals surface area (Å²) >= 11 is 0. The fourth-order valence-electron chi connectivity index (χ4n) is 3.51. The third-order valence-electron chi connectivity index (χ3n) is 5.12. The summed E-state index contributed by atoms with van der Waals surface area (Å²) in [4.78, 5) is 14.8. The van der Waals surface area contributed by atoms with Gasteiger partial charge in [0.2, 0.25) is 5.91 Å². The Morgan fingerprint density at radius 2 is 1.60 bits per heavy atom. The van der Waals surface area contributed by atoms with E-state index in [0.717, 1.165) is 28.4 Å². The van der Waals surface area contributed by atoms with E-state index in [2.05, 4.69) is 0 Å². The summed E-state index contributed by atoms with van der Waals surface area (Å²) in [5.41, 5.74) is 2.04. The van der Waals surface area contributed by atoms with Gasteiger partial charge in [0.25, 0.3) is 0 Å². The molecular weight excluding hydrogens is 386 g/mol. The third kappa shape index (κ3) is 5.43. The van der Waals surface area contributed by atoms with Crippen molar-refractivity contribution >= 4 is 5.91 Å². The lowest BCUT2D eigenvalue weighted by molar-refractivity contribution is -0.135. The monoisotopic (exact) mass is 415 g/mol. The molecule has 1 aliphatic rings. The second-order valence-corrected chi connectivity index (χ2v) is 6.94. The highest BCUT2D eigenvalue weighted by atomic mass is 16.5. The van der Waals surface area contributed by atoms with E-state index in [9.17, 15) is 4.79 Å². The standard InChI is InChI=1S/C23H29NO6/c1-26-12-13-29-11-10-24-22(16-30-19-6-4-18(27-2)5-7-19)21-9-8-20(28-3)14-17(21)15-23(24)25/h4-9,14,22H,10-13,15-16H2,1-3H3. The smallest absolute Gasteiger partial charge is 0.227 e. The van der Waals surface area contributed by atoms with Crippen molar-refractivity contribution in [3.63, 3.8) is 0 Å². The molecule has 2 aromatic carbocycles. The van der Waals surface area contributed by atoms with Gasteiger partial charge in [-0.1, -0.05) is 6.07 Å². The van der Waals surface area contributed by atoms with Crippen LogP contribution in [-0.4, -0.2) is 65.1 Å². The maximum Gasteiger partial charge on any atom is 0.227 e. The fourth-order valence-corrected chi connectivity index (χ4v) is 3.51. The Hall–Kier alpha value is -2.77. The van der Waals surface area contributed by atoms with Gasteiger partial charge in [-0.3, -0.25) is 4.79 Å². The van der Waals surface area contributed by atoms with Crippen LogP contribution in [0.15, 0.2) is 42.5 Å². The van der Waals surface area contributed by atoms with Crippen molar-refractivity contribution in [1.82, 2.24) is 4.90 Å². The van der Waals surface area contributed by atoms with Crippen molar-refractivity contribution < 1.29 is 28.5 Å². The van der Waals surface area contributed by atoms with E-state index in [1.165, 1.54) is 0 Å². The molecule has 0 saturated carbocycles. The third-order valence-corrected chi connectivity index (χ3v) is 5.12. The van der Waals surface area contributed by atoms with Gasteiger partial charge >= 0.3 is 0 Å². The molecule has 1 amide bonds. The van der Waals surface area contributed by atoms with Crippen molar-refractivity contribution in [3.05, 3.63) is 53.6 Å². The molecule has 0 bridgehead atoms. The summed E-state index contributed by atoms with van der Waals surface area (Å²) in [7, 11) is 4.89. The highest BCUT2D eigenvalue weighted by Gasteiger charge is 2.33. The average molecular weight is 415 g/mol. The minimum Gasteiger partial charge on any atom is -0.497 e. The van der Waals surface area contributed by atoms with E-state index in [-0.39, 0.29) is 11.9 Å². The zero-order valence-corrected chi connectivity index (χ0v) is 17.8. The van der Waals surface area contributed by atoms with Crippen molar-refractivity contribution in [2.45, 2.75) is 12.5 Å². The van der Waals surface area contributed by atoms with Crippen LogP contribution in [0.25, 0.3) is 0 Å². The number of fused-ring (bicyclic) bond motifs is 1. The zero-order valence-electron chi connectivity index (χ0n) is 17.8. The predicted octanol–water partition coefficient (Wildman–Crippen LogP) is 2.87. The minimum absolute atomic E-state index is 0.0504. The van der Waals surface area contributed by atoms with Crippen molar-refractivity contribution in [3.8, 4) is 17.2 Å². The topological polar surface area (TPSA) is 66.5 Å². The Bertz CT molecular complexity index is 823. The van der Waals surface area contributed by atoms with Gasteiger partial charge in [-0.15, -0.1) is 0 Å². The van der Waals surface area contributed by atoms with Gasteiger partial charge in [-0.25, -0.2) is 0 Å². The van der Waals surface area contributed by atoms with Gasteiger partial charge in [0.1, 0.15) is 23.9 Å². The fraction of sp³-hybridized carbons (Fsp3) is 0.435. The number of nitrogens with zero attached hydrogens (tertiary/aromatic N) is 1. The number of hydrogen-bond acceptors (Lipinski definition) is 6. The van der Waals surface area contributed by atoms with Gasteiger partial charge in [0, 0.05) is 13.7 Å². The molecule has 0 N–H and O–H groups in total. The van der Waals surface area contributed by atoms with Gasteiger partial charge < -0.3 is 28.6 Å². The highest BCUT2D eigenvalue weighted by molar-refractivity contribution is 5.82. The molecule has 0 radical (unpaired) electrons.